The molecular weight excluding hydrogens is 250 g/mol. The fraction of sp³-hybridized carbons (Fsp3) is 0.938. The van der Waals surface area contributed by atoms with Gasteiger partial charge < -0.3 is 15.5 Å². The van der Waals surface area contributed by atoms with Gasteiger partial charge in [-0.15, -0.1) is 0 Å². The van der Waals surface area contributed by atoms with Crippen molar-refractivity contribution in [2.75, 3.05) is 32.7 Å². The molecule has 0 unspecified atom stereocenters. The minimum Gasteiger partial charge on any atom is -0.342 e. The first kappa shape index (κ1) is 17.4. The van der Waals surface area contributed by atoms with Crippen molar-refractivity contribution in [3.05, 3.63) is 0 Å². The van der Waals surface area contributed by atoms with Crippen LogP contribution in [0.2, 0.25) is 0 Å². The van der Waals surface area contributed by atoms with E-state index in [-0.39, 0.29) is 11.3 Å². The number of carbonyl (C=O) groups is 1. The number of hydrogen-bond acceptors (Lipinski definition) is 3. The third-order valence-corrected chi connectivity index (χ3v) is 5.28. The first-order valence-corrected chi connectivity index (χ1v) is 8.31. The lowest BCUT2D eigenvalue weighted by Crippen LogP contribution is -2.52. The highest BCUT2D eigenvalue weighted by atomic mass is 16.2. The number of piperidine rings is 1. The summed E-state index contributed by atoms with van der Waals surface area (Å²) in [4.78, 5) is 17.3. The summed E-state index contributed by atoms with van der Waals surface area (Å²) in [6, 6.07) is 0.643. The van der Waals surface area contributed by atoms with Gasteiger partial charge in [0.2, 0.25) is 5.91 Å². The van der Waals surface area contributed by atoms with Crippen molar-refractivity contribution in [1.82, 2.24) is 9.80 Å². The molecule has 0 aromatic carbocycles. The largest absolute Gasteiger partial charge is 0.342 e. The molecule has 1 saturated heterocycles. The zero-order valence-corrected chi connectivity index (χ0v) is 13.8. The van der Waals surface area contributed by atoms with E-state index in [1.807, 2.05) is 0 Å². The first-order valence-electron chi connectivity index (χ1n) is 8.31. The highest BCUT2D eigenvalue weighted by Gasteiger charge is 2.38. The highest BCUT2D eigenvalue weighted by Crippen LogP contribution is 2.29. The van der Waals surface area contributed by atoms with E-state index in [4.69, 9.17) is 5.73 Å². The van der Waals surface area contributed by atoms with Gasteiger partial charge >= 0.3 is 0 Å². The topological polar surface area (TPSA) is 49.6 Å². The smallest absolute Gasteiger partial charge is 0.230 e. The molecule has 0 radical (unpaired) electrons. The molecule has 20 heavy (non-hydrogen) atoms. The molecular formula is C16H33N3O. The van der Waals surface area contributed by atoms with Crippen molar-refractivity contribution in [3.63, 3.8) is 0 Å². The summed E-state index contributed by atoms with van der Waals surface area (Å²) in [6.45, 7) is 13.0. The van der Waals surface area contributed by atoms with Crippen LogP contribution in [0.3, 0.4) is 0 Å². The van der Waals surface area contributed by atoms with E-state index >= 15 is 0 Å². The van der Waals surface area contributed by atoms with Crippen molar-refractivity contribution in [2.24, 2.45) is 11.1 Å². The van der Waals surface area contributed by atoms with Crippen LogP contribution in [0, 0.1) is 5.41 Å². The summed E-state index contributed by atoms with van der Waals surface area (Å²) in [5.41, 5.74) is 5.57. The summed E-state index contributed by atoms with van der Waals surface area (Å²) >= 11 is 0. The van der Waals surface area contributed by atoms with Crippen LogP contribution in [0.1, 0.15) is 53.4 Å². The maximum Gasteiger partial charge on any atom is 0.230 e. The van der Waals surface area contributed by atoms with E-state index in [0.29, 0.717) is 12.6 Å². The van der Waals surface area contributed by atoms with Crippen molar-refractivity contribution < 1.29 is 4.79 Å². The lowest BCUT2D eigenvalue weighted by Gasteiger charge is -2.41. The second-order valence-electron chi connectivity index (χ2n) is 5.94. The molecule has 0 aliphatic carbocycles. The number of carbonyl (C=O) groups excluding carboxylic acids is 1. The van der Waals surface area contributed by atoms with Gasteiger partial charge in [0.05, 0.1) is 5.41 Å². The Hall–Kier alpha value is -0.610. The van der Waals surface area contributed by atoms with E-state index in [1.165, 1.54) is 0 Å². The summed E-state index contributed by atoms with van der Waals surface area (Å²) in [5, 5.41) is 0. The molecule has 2 N–H and O–H groups in total. The van der Waals surface area contributed by atoms with Crippen LogP contribution in [-0.4, -0.2) is 54.5 Å². The quantitative estimate of drug-likeness (QED) is 0.778. The Labute approximate surface area is 124 Å². The molecule has 1 aliphatic rings. The zero-order valence-electron chi connectivity index (χ0n) is 13.8. The molecule has 1 fully saturated rings. The fourth-order valence-corrected chi connectivity index (χ4v) is 3.44. The van der Waals surface area contributed by atoms with Gasteiger partial charge in [0.15, 0.2) is 0 Å². The third-order valence-electron chi connectivity index (χ3n) is 5.28. The van der Waals surface area contributed by atoms with Crippen LogP contribution in [-0.2, 0) is 4.79 Å². The molecule has 1 amide bonds. The average molecular weight is 283 g/mol. The normalized spacial score (nSPS) is 17.8. The minimum absolute atomic E-state index is 0.281. The highest BCUT2D eigenvalue weighted by molar-refractivity contribution is 5.83. The molecule has 0 aromatic rings. The second-order valence-corrected chi connectivity index (χ2v) is 5.94. The van der Waals surface area contributed by atoms with Gasteiger partial charge in [-0.05, 0) is 38.8 Å². The fourth-order valence-electron chi connectivity index (χ4n) is 3.44. The van der Waals surface area contributed by atoms with Crippen LogP contribution in [0.4, 0.5) is 0 Å². The number of rotatable bonds is 7. The molecule has 1 aliphatic heterocycles. The predicted molar refractivity (Wildman–Crippen MR) is 84.6 cm³/mol. The van der Waals surface area contributed by atoms with E-state index in [9.17, 15) is 4.79 Å². The molecule has 1 heterocycles. The number of nitrogens with zero attached hydrogens (tertiary/aromatic N) is 2. The Kier molecular flexibility index (Phi) is 6.96. The van der Waals surface area contributed by atoms with Crippen molar-refractivity contribution in [3.8, 4) is 0 Å². The zero-order chi connectivity index (χ0) is 15.2. The van der Waals surface area contributed by atoms with Gasteiger partial charge in [0, 0.05) is 25.7 Å². The lowest BCUT2D eigenvalue weighted by atomic mass is 9.80. The molecule has 4 nitrogen and oxygen atoms in total. The number of nitrogens with two attached hydrogens (primary N) is 1. The number of amides is 1. The Balaban J connectivity index is 2.62. The molecule has 0 atom stereocenters. The molecule has 0 aromatic heterocycles. The molecule has 1 rings (SSSR count). The van der Waals surface area contributed by atoms with Gasteiger partial charge in [-0.3, -0.25) is 4.79 Å². The molecule has 0 bridgehead atoms. The van der Waals surface area contributed by atoms with Crippen LogP contribution in [0.15, 0.2) is 0 Å². The van der Waals surface area contributed by atoms with Gasteiger partial charge in [-0.2, -0.15) is 0 Å². The summed E-state index contributed by atoms with van der Waals surface area (Å²) < 4.78 is 0. The number of hydrogen-bond donors (Lipinski definition) is 1. The van der Waals surface area contributed by atoms with Crippen LogP contribution < -0.4 is 5.73 Å². The van der Waals surface area contributed by atoms with Crippen molar-refractivity contribution in [2.45, 2.75) is 59.4 Å². The maximum atomic E-state index is 12.8. The minimum atomic E-state index is -0.331. The van der Waals surface area contributed by atoms with Crippen LogP contribution in [0.5, 0.6) is 0 Å². The van der Waals surface area contributed by atoms with E-state index in [0.717, 1.165) is 51.9 Å². The molecule has 0 saturated carbocycles. The standard InChI is InChI=1S/C16H33N3O/c1-5-16(6-2,13-17)15(20)19-11-9-14(10-12-19)18(7-3)8-4/h14H,5-13,17H2,1-4H3. The van der Waals surface area contributed by atoms with Crippen molar-refractivity contribution in [1.29, 1.82) is 0 Å². The van der Waals surface area contributed by atoms with Gasteiger partial charge in [-0.25, -0.2) is 0 Å². The van der Waals surface area contributed by atoms with Gasteiger partial charge in [0.25, 0.3) is 0 Å². The summed E-state index contributed by atoms with van der Waals surface area (Å²) in [6.07, 6.45) is 3.88. The van der Waals surface area contributed by atoms with Gasteiger partial charge in [0.1, 0.15) is 0 Å². The van der Waals surface area contributed by atoms with E-state index in [1.54, 1.807) is 0 Å². The van der Waals surface area contributed by atoms with Crippen LogP contribution >= 0.6 is 0 Å². The molecule has 118 valence electrons. The number of likely N-dealkylation sites (tertiary alicyclic amines) is 1. The predicted octanol–water partition coefficient (Wildman–Crippen LogP) is 2.08. The third kappa shape index (κ3) is 3.53. The molecule has 4 heteroatoms. The Bertz CT molecular complexity index is 282. The average Bonchev–Trinajstić information content (AvgIpc) is 2.51. The van der Waals surface area contributed by atoms with Crippen molar-refractivity contribution >= 4 is 5.91 Å². The molecule has 0 spiro atoms. The Morgan fingerprint density at radius 2 is 1.65 bits per heavy atom. The monoisotopic (exact) mass is 283 g/mol. The van der Waals surface area contributed by atoms with E-state index < -0.39 is 0 Å². The Morgan fingerprint density at radius 1 is 1.15 bits per heavy atom. The van der Waals surface area contributed by atoms with E-state index in [2.05, 4.69) is 37.5 Å². The summed E-state index contributed by atoms with van der Waals surface area (Å²) in [7, 11) is 0. The summed E-state index contributed by atoms with van der Waals surface area (Å²) in [5.74, 6) is 0.281. The van der Waals surface area contributed by atoms with Crippen LogP contribution in [0.25, 0.3) is 0 Å². The lowest BCUT2D eigenvalue weighted by molar-refractivity contribution is -0.143. The maximum absolute atomic E-state index is 12.8. The first-order chi connectivity index (χ1) is 9.58. The Morgan fingerprint density at radius 3 is 2.00 bits per heavy atom. The van der Waals surface area contributed by atoms with Gasteiger partial charge in [-0.1, -0.05) is 27.7 Å². The second kappa shape index (κ2) is 7.99. The SMILES string of the molecule is CCN(CC)C1CCN(C(=O)C(CC)(CC)CN)CC1.